The van der Waals surface area contributed by atoms with Crippen LogP contribution in [-0.4, -0.2) is 35.2 Å². The van der Waals surface area contributed by atoms with E-state index in [1.165, 1.54) is 11.1 Å². The number of anilines is 2. The summed E-state index contributed by atoms with van der Waals surface area (Å²) in [5, 5.41) is 19.4. The maximum absolute atomic E-state index is 13.2. The first kappa shape index (κ1) is 23.5. The SMILES string of the molecule is CNc1cccc(-c2cccc(NC(=O)c3cc(C4CC4)c(CN[C@H]4C[C@@H](O)C4)cn3)c2C)c1C. The monoisotopic (exact) mass is 470 g/mol. The van der Waals surface area contributed by atoms with Crippen LogP contribution < -0.4 is 16.0 Å². The van der Waals surface area contributed by atoms with E-state index in [9.17, 15) is 9.90 Å². The number of carbonyl (C=O) groups excluding carboxylic acids is 1. The van der Waals surface area contributed by atoms with Gasteiger partial charge >= 0.3 is 0 Å². The van der Waals surface area contributed by atoms with Crippen LogP contribution in [0.2, 0.25) is 0 Å². The van der Waals surface area contributed by atoms with Crippen LogP contribution in [-0.2, 0) is 6.54 Å². The molecule has 1 amide bonds. The lowest BCUT2D eigenvalue weighted by Crippen LogP contribution is -2.43. The van der Waals surface area contributed by atoms with Crippen LogP contribution in [0.3, 0.4) is 0 Å². The van der Waals surface area contributed by atoms with Gasteiger partial charge in [0.15, 0.2) is 0 Å². The fourth-order valence-electron chi connectivity index (χ4n) is 5.00. The molecule has 6 nitrogen and oxygen atoms in total. The van der Waals surface area contributed by atoms with Gasteiger partial charge in [0.2, 0.25) is 0 Å². The Hall–Kier alpha value is -3.22. The van der Waals surface area contributed by atoms with Crippen molar-refractivity contribution in [3.63, 3.8) is 0 Å². The largest absolute Gasteiger partial charge is 0.393 e. The van der Waals surface area contributed by atoms with Gasteiger partial charge in [-0.25, -0.2) is 0 Å². The van der Waals surface area contributed by atoms with Crippen LogP contribution >= 0.6 is 0 Å². The normalized spacial score (nSPS) is 19.2. The number of aliphatic hydroxyl groups excluding tert-OH is 1. The average molecular weight is 471 g/mol. The van der Waals surface area contributed by atoms with Crippen molar-refractivity contribution >= 4 is 17.3 Å². The molecule has 2 saturated carbocycles. The van der Waals surface area contributed by atoms with E-state index in [0.717, 1.165) is 65.9 Å². The van der Waals surface area contributed by atoms with Gasteiger partial charge in [-0.2, -0.15) is 0 Å². The van der Waals surface area contributed by atoms with Crippen LogP contribution in [0.15, 0.2) is 48.7 Å². The van der Waals surface area contributed by atoms with E-state index in [1.54, 1.807) is 0 Å². The van der Waals surface area contributed by atoms with Gasteiger partial charge in [-0.15, -0.1) is 0 Å². The van der Waals surface area contributed by atoms with E-state index in [-0.39, 0.29) is 12.0 Å². The highest BCUT2D eigenvalue weighted by Crippen LogP contribution is 2.42. The molecule has 0 bridgehead atoms. The molecule has 3 aromatic rings. The summed E-state index contributed by atoms with van der Waals surface area (Å²) in [7, 11) is 1.93. The third-order valence-corrected chi connectivity index (χ3v) is 7.44. The number of rotatable bonds is 8. The summed E-state index contributed by atoms with van der Waals surface area (Å²) in [4.78, 5) is 17.7. The average Bonchev–Trinajstić information content (AvgIpc) is 3.68. The fraction of sp³-hybridized carbons (Fsp3) is 0.379. The Bertz CT molecular complexity index is 1250. The minimum absolute atomic E-state index is 0.169. The Kier molecular flexibility index (Phi) is 6.58. The number of carbonyl (C=O) groups is 1. The molecule has 1 aromatic heterocycles. The molecule has 0 spiro atoms. The zero-order valence-electron chi connectivity index (χ0n) is 20.7. The van der Waals surface area contributed by atoms with Gasteiger partial charge in [0.1, 0.15) is 5.69 Å². The predicted molar refractivity (Wildman–Crippen MR) is 141 cm³/mol. The van der Waals surface area contributed by atoms with Crippen molar-refractivity contribution in [2.24, 2.45) is 0 Å². The highest BCUT2D eigenvalue weighted by atomic mass is 16.3. The first-order chi connectivity index (χ1) is 16.9. The van der Waals surface area contributed by atoms with Crippen LogP contribution in [0.1, 0.15) is 64.3 Å². The molecule has 5 rings (SSSR count). The number of aliphatic hydroxyl groups is 1. The zero-order chi connectivity index (χ0) is 24.5. The third-order valence-electron chi connectivity index (χ3n) is 7.44. The molecule has 6 heteroatoms. The van der Waals surface area contributed by atoms with Gasteiger partial charge in [0.05, 0.1) is 6.10 Å². The Morgan fingerprint density at radius 1 is 1.03 bits per heavy atom. The van der Waals surface area contributed by atoms with Gasteiger partial charge in [-0.3, -0.25) is 9.78 Å². The number of benzene rings is 2. The molecule has 0 aliphatic heterocycles. The number of nitrogens with one attached hydrogen (secondary N) is 3. The van der Waals surface area contributed by atoms with E-state index < -0.39 is 0 Å². The first-order valence-corrected chi connectivity index (χ1v) is 12.5. The van der Waals surface area contributed by atoms with Gasteiger partial charge in [0, 0.05) is 37.2 Å². The van der Waals surface area contributed by atoms with Gasteiger partial charge < -0.3 is 21.1 Å². The minimum atomic E-state index is -0.186. The Balaban J connectivity index is 1.35. The van der Waals surface area contributed by atoms with Crippen molar-refractivity contribution in [3.05, 3.63) is 76.6 Å². The molecule has 2 fully saturated rings. The van der Waals surface area contributed by atoms with Gasteiger partial charge in [-0.05, 0) is 97.0 Å². The Morgan fingerprint density at radius 3 is 2.31 bits per heavy atom. The smallest absolute Gasteiger partial charge is 0.274 e. The maximum Gasteiger partial charge on any atom is 0.274 e. The molecule has 1 heterocycles. The van der Waals surface area contributed by atoms with Crippen LogP contribution in [0, 0.1) is 13.8 Å². The number of nitrogens with zero attached hydrogens (tertiary/aromatic N) is 1. The second-order valence-corrected chi connectivity index (χ2v) is 9.91. The summed E-state index contributed by atoms with van der Waals surface area (Å²) >= 11 is 0. The molecule has 182 valence electrons. The summed E-state index contributed by atoms with van der Waals surface area (Å²) in [5.41, 5.74) is 9.18. The molecule has 0 radical (unpaired) electrons. The van der Waals surface area contributed by atoms with Crippen molar-refractivity contribution in [3.8, 4) is 11.1 Å². The molecule has 2 aliphatic carbocycles. The first-order valence-electron chi connectivity index (χ1n) is 12.5. The molecule has 2 aromatic carbocycles. The number of aromatic nitrogens is 1. The summed E-state index contributed by atoms with van der Waals surface area (Å²) in [6.07, 6.45) is 5.62. The van der Waals surface area contributed by atoms with E-state index in [2.05, 4.69) is 46.1 Å². The number of pyridine rings is 1. The highest BCUT2D eigenvalue weighted by molar-refractivity contribution is 6.04. The zero-order valence-corrected chi connectivity index (χ0v) is 20.7. The van der Waals surface area contributed by atoms with E-state index >= 15 is 0 Å². The maximum atomic E-state index is 13.2. The third kappa shape index (κ3) is 4.95. The fourth-order valence-corrected chi connectivity index (χ4v) is 5.00. The molecule has 4 N–H and O–H groups in total. The highest BCUT2D eigenvalue weighted by Gasteiger charge is 2.30. The standard InChI is InChI=1S/C29H34N4O2/c1-17-23(6-4-8-26(17)30-3)24-7-5-9-27(18(24)2)33-29(35)28-14-25(19-10-11-19)20(16-32-28)15-31-21-12-22(34)13-21/h4-9,14,16,19,21-22,30-31,34H,10-13,15H2,1-3H3,(H,33,35)/t21-,22+. The van der Waals surface area contributed by atoms with Crippen molar-refractivity contribution in [2.75, 3.05) is 17.7 Å². The molecule has 2 aliphatic rings. The number of hydrogen-bond donors (Lipinski definition) is 4. The molecule has 0 unspecified atom stereocenters. The van der Waals surface area contributed by atoms with Gasteiger partial charge in [-0.1, -0.05) is 24.3 Å². The second-order valence-electron chi connectivity index (χ2n) is 9.91. The Labute approximate surface area is 207 Å². The van der Waals surface area contributed by atoms with E-state index in [4.69, 9.17) is 0 Å². The number of amides is 1. The quantitative estimate of drug-likeness (QED) is 0.366. The summed E-state index contributed by atoms with van der Waals surface area (Å²) in [5.74, 6) is 0.329. The van der Waals surface area contributed by atoms with Crippen molar-refractivity contribution in [2.45, 2.75) is 64.1 Å². The lowest BCUT2D eigenvalue weighted by molar-refractivity contribution is 0.0619. The summed E-state index contributed by atoms with van der Waals surface area (Å²) in [6.45, 7) is 4.88. The Morgan fingerprint density at radius 2 is 1.69 bits per heavy atom. The van der Waals surface area contributed by atoms with Crippen molar-refractivity contribution in [1.29, 1.82) is 0 Å². The van der Waals surface area contributed by atoms with Crippen LogP contribution in [0.5, 0.6) is 0 Å². The molecule has 35 heavy (non-hydrogen) atoms. The molecule has 0 saturated heterocycles. The molecule has 0 atom stereocenters. The summed E-state index contributed by atoms with van der Waals surface area (Å²) in [6, 6.07) is 14.6. The van der Waals surface area contributed by atoms with E-state index in [1.807, 2.05) is 44.4 Å². The lowest BCUT2D eigenvalue weighted by Gasteiger charge is -2.32. The summed E-state index contributed by atoms with van der Waals surface area (Å²) < 4.78 is 0. The van der Waals surface area contributed by atoms with E-state index in [0.29, 0.717) is 17.7 Å². The lowest BCUT2D eigenvalue weighted by atomic mass is 9.89. The molecular weight excluding hydrogens is 436 g/mol. The topological polar surface area (TPSA) is 86.3 Å². The van der Waals surface area contributed by atoms with Crippen LogP contribution in [0.4, 0.5) is 11.4 Å². The van der Waals surface area contributed by atoms with Crippen LogP contribution in [0.25, 0.3) is 11.1 Å². The van der Waals surface area contributed by atoms with Gasteiger partial charge in [0.25, 0.3) is 5.91 Å². The minimum Gasteiger partial charge on any atom is -0.393 e. The van der Waals surface area contributed by atoms with Crippen molar-refractivity contribution in [1.82, 2.24) is 10.3 Å². The van der Waals surface area contributed by atoms with Crippen molar-refractivity contribution < 1.29 is 9.90 Å². The second kappa shape index (κ2) is 9.80. The molecular formula is C29H34N4O2. The number of hydrogen-bond acceptors (Lipinski definition) is 5. The predicted octanol–water partition coefficient (Wildman–Crippen LogP) is 5.15.